The van der Waals surface area contributed by atoms with Gasteiger partial charge in [0.25, 0.3) is 5.69 Å². The third-order valence-corrected chi connectivity index (χ3v) is 5.58. The Morgan fingerprint density at radius 1 is 1.06 bits per heavy atom. The first-order chi connectivity index (χ1) is 15.5. The molecule has 0 bridgehead atoms. The van der Waals surface area contributed by atoms with E-state index in [2.05, 4.69) is 41.4 Å². The van der Waals surface area contributed by atoms with Crippen LogP contribution in [0.2, 0.25) is 5.02 Å². The smallest absolute Gasteiger partial charge is 0.407 e. The zero-order valence-electron chi connectivity index (χ0n) is 17.0. The van der Waals surface area contributed by atoms with Gasteiger partial charge >= 0.3 is 6.09 Å². The van der Waals surface area contributed by atoms with Gasteiger partial charge in [-0.25, -0.2) is 4.79 Å². The van der Waals surface area contributed by atoms with Gasteiger partial charge in [-0.15, -0.1) is 0 Å². The van der Waals surface area contributed by atoms with Crippen LogP contribution in [0.3, 0.4) is 0 Å². The van der Waals surface area contributed by atoms with Crippen LogP contribution in [-0.2, 0) is 4.74 Å². The van der Waals surface area contributed by atoms with Gasteiger partial charge < -0.3 is 10.1 Å². The first-order valence-electron chi connectivity index (χ1n) is 10.1. The van der Waals surface area contributed by atoms with Gasteiger partial charge in [-0.05, 0) is 28.3 Å². The number of amides is 1. The minimum Gasteiger partial charge on any atom is -0.449 e. The molecule has 3 aromatic rings. The van der Waals surface area contributed by atoms with E-state index in [0.717, 1.165) is 11.1 Å². The molecule has 1 amide bonds. The van der Waals surface area contributed by atoms with Crippen LogP contribution >= 0.6 is 11.6 Å². The van der Waals surface area contributed by atoms with E-state index in [9.17, 15) is 14.9 Å². The average molecular weight is 447 g/mol. The minimum absolute atomic E-state index is 0.00366. The third-order valence-electron chi connectivity index (χ3n) is 5.25. The highest BCUT2D eigenvalue weighted by atomic mass is 35.5. The molecule has 1 aliphatic rings. The number of nitrogens with one attached hydrogen (secondary N) is 1. The quantitative estimate of drug-likeness (QED) is 0.242. The second-order valence-electron chi connectivity index (χ2n) is 7.23. The lowest BCUT2D eigenvalue weighted by Crippen LogP contribution is -2.26. The summed E-state index contributed by atoms with van der Waals surface area (Å²) in [6, 6.07) is 20.4. The molecule has 1 aliphatic carbocycles. The van der Waals surface area contributed by atoms with Crippen molar-refractivity contribution in [3.63, 3.8) is 0 Å². The Bertz CT molecular complexity index is 1200. The van der Waals surface area contributed by atoms with Gasteiger partial charge in [0.15, 0.2) is 0 Å². The fourth-order valence-corrected chi connectivity index (χ4v) is 3.92. The molecule has 0 saturated carbocycles. The van der Waals surface area contributed by atoms with Gasteiger partial charge in [0, 0.05) is 36.6 Å². The first-order valence-corrected chi connectivity index (χ1v) is 10.4. The van der Waals surface area contributed by atoms with Gasteiger partial charge in [-0.3, -0.25) is 10.1 Å². The van der Waals surface area contributed by atoms with Crippen LogP contribution < -0.4 is 5.32 Å². The molecule has 4 rings (SSSR count). The number of halogens is 1. The number of ether oxygens (including phenoxy) is 1. The van der Waals surface area contributed by atoms with Crippen LogP contribution in [0.1, 0.15) is 29.0 Å². The van der Waals surface area contributed by atoms with E-state index >= 15 is 0 Å². The molecule has 0 radical (unpaired) electrons. The van der Waals surface area contributed by atoms with Crippen LogP contribution in [0.5, 0.6) is 0 Å². The fourth-order valence-electron chi connectivity index (χ4n) is 3.76. The maximum absolute atomic E-state index is 12.2. The average Bonchev–Trinajstić information content (AvgIpc) is 3.12. The fraction of sp³-hybridized carbons (Fsp3) is 0.160. The monoisotopic (exact) mass is 446 g/mol. The summed E-state index contributed by atoms with van der Waals surface area (Å²) >= 11 is 6.02. The number of hydrogen-bond acceptors (Lipinski definition) is 4. The summed E-state index contributed by atoms with van der Waals surface area (Å²) in [6.45, 7) is 0.533. The minimum atomic E-state index is -0.512. The van der Waals surface area contributed by atoms with Gasteiger partial charge in [0.2, 0.25) is 0 Å². The summed E-state index contributed by atoms with van der Waals surface area (Å²) in [6.07, 6.45) is -0.162. The maximum Gasteiger partial charge on any atom is 0.407 e. The zero-order chi connectivity index (χ0) is 22.5. The molecule has 0 unspecified atom stereocenters. The Morgan fingerprint density at radius 3 is 2.38 bits per heavy atom. The van der Waals surface area contributed by atoms with Crippen LogP contribution in [0.15, 0.2) is 66.7 Å². The van der Waals surface area contributed by atoms with Crippen LogP contribution in [-0.4, -0.2) is 24.2 Å². The predicted octanol–water partition coefficient (Wildman–Crippen LogP) is 5.53. The van der Waals surface area contributed by atoms with E-state index in [1.807, 2.05) is 24.3 Å². The summed E-state index contributed by atoms with van der Waals surface area (Å²) in [5.74, 6) is 5.67. The highest BCUT2D eigenvalue weighted by Gasteiger charge is 2.28. The Labute approximate surface area is 190 Å². The van der Waals surface area contributed by atoms with Gasteiger partial charge in [-0.2, -0.15) is 0 Å². The number of hydrogen-bond donors (Lipinski definition) is 1. The standard InChI is InChI=1S/C25H19ClN2O4/c26-24-13-12-18(28(30)31)15-17(24)7-5-6-14-27-25(29)32-16-23-21-10-3-1-8-19(21)20-9-2-4-11-22(20)23/h1-4,8-13,15,23H,6,14,16H2,(H,27,29). The van der Waals surface area contributed by atoms with Crippen LogP contribution in [0.4, 0.5) is 10.5 Å². The summed E-state index contributed by atoms with van der Waals surface area (Å²) in [5, 5.41) is 13.9. The molecule has 0 fully saturated rings. The molecular weight excluding hydrogens is 428 g/mol. The van der Waals surface area contributed by atoms with Crippen molar-refractivity contribution in [3.05, 3.63) is 98.6 Å². The molecule has 0 saturated heterocycles. The van der Waals surface area contributed by atoms with Crippen molar-refractivity contribution in [2.45, 2.75) is 12.3 Å². The van der Waals surface area contributed by atoms with E-state index in [-0.39, 0.29) is 24.8 Å². The Hall–Kier alpha value is -3.82. The van der Waals surface area contributed by atoms with Crippen LogP contribution in [0, 0.1) is 22.0 Å². The van der Waals surface area contributed by atoms with E-state index < -0.39 is 11.0 Å². The number of nitro groups is 1. The lowest BCUT2D eigenvalue weighted by molar-refractivity contribution is -0.384. The first kappa shape index (κ1) is 21.4. The van der Waals surface area contributed by atoms with E-state index in [4.69, 9.17) is 16.3 Å². The van der Waals surface area contributed by atoms with Gasteiger partial charge in [0.1, 0.15) is 6.61 Å². The molecule has 0 heterocycles. The van der Waals surface area contributed by atoms with E-state index in [0.29, 0.717) is 17.0 Å². The number of rotatable bonds is 5. The molecular formula is C25H19ClN2O4. The molecule has 3 aromatic carbocycles. The number of nitrogens with zero attached hydrogens (tertiary/aromatic N) is 1. The molecule has 1 N–H and O–H groups in total. The topological polar surface area (TPSA) is 81.5 Å². The molecule has 0 aliphatic heterocycles. The van der Waals surface area contributed by atoms with Gasteiger partial charge in [0.05, 0.1) is 9.95 Å². The molecule has 7 heteroatoms. The van der Waals surface area contributed by atoms with E-state index in [1.165, 1.54) is 29.3 Å². The largest absolute Gasteiger partial charge is 0.449 e. The Balaban J connectivity index is 1.30. The number of benzene rings is 3. The van der Waals surface area contributed by atoms with Crippen molar-refractivity contribution in [1.29, 1.82) is 0 Å². The highest BCUT2D eigenvalue weighted by Crippen LogP contribution is 2.44. The normalized spacial score (nSPS) is 11.7. The number of nitro benzene ring substituents is 1. The second kappa shape index (κ2) is 9.54. The SMILES string of the molecule is O=C(NCCC#Cc1cc([N+](=O)[O-])ccc1Cl)OCC1c2ccccc2-c2ccccc21. The highest BCUT2D eigenvalue weighted by molar-refractivity contribution is 6.31. The summed E-state index contributed by atoms with van der Waals surface area (Å²) < 4.78 is 5.47. The van der Waals surface area contributed by atoms with Crippen molar-refractivity contribution in [2.24, 2.45) is 0 Å². The third kappa shape index (κ3) is 4.58. The number of non-ortho nitro benzene ring substituents is 1. The predicted molar refractivity (Wildman–Crippen MR) is 123 cm³/mol. The molecule has 6 nitrogen and oxygen atoms in total. The Morgan fingerprint density at radius 2 is 1.72 bits per heavy atom. The van der Waals surface area contributed by atoms with E-state index in [1.54, 1.807) is 0 Å². The number of carbonyl (C=O) groups excluding carboxylic acids is 1. The molecule has 0 aromatic heterocycles. The van der Waals surface area contributed by atoms with Crippen molar-refractivity contribution in [3.8, 4) is 23.0 Å². The zero-order valence-corrected chi connectivity index (χ0v) is 17.8. The van der Waals surface area contributed by atoms with Crippen molar-refractivity contribution < 1.29 is 14.5 Å². The number of alkyl carbamates (subject to hydrolysis) is 1. The van der Waals surface area contributed by atoms with Crippen LogP contribution in [0.25, 0.3) is 11.1 Å². The van der Waals surface area contributed by atoms with Crippen molar-refractivity contribution in [2.75, 3.05) is 13.2 Å². The lowest BCUT2D eigenvalue weighted by atomic mass is 9.98. The lowest BCUT2D eigenvalue weighted by Gasteiger charge is -2.14. The van der Waals surface area contributed by atoms with Crippen molar-refractivity contribution in [1.82, 2.24) is 5.32 Å². The molecule has 32 heavy (non-hydrogen) atoms. The van der Waals surface area contributed by atoms with Gasteiger partial charge in [-0.1, -0.05) is 72.0 Å². The molecule has 0 spiro atoms. The Kier molecular flexibility index (Phi) is 6.39. The summed E-state index contributed by atoms with van der Waals surface area (Å²) in [4.78, 5) is 22.5. The number of fused-ring (bicyclic) bond motifs is 3. The van der Waals surface area contributed by atoms with Crippen molar-refractivity contribution >= 4 is 23.4 Å². The number of carbonyl (C=O) groups is 1. The summed E-state index contributed by atoms with van der Waals surface area (Å²) in [5.41, 5.74) is 4.96. The maximum atomic E-state index is 12.2. The summed E-state index contributed by atoms with van der Waals surface area (Å²) in [7, 11) is 0. The second-order valence-corrected chi connectivity index (χ2v) is 7.63. The molecule has 160 valence electrons. The molecule has 0 atom stereocenters.